The number of hydrogen-bond donors (Lipinski definition) is 0. The second kappa shape index (κ2) is 7.10. The molecule has 0 aromatic rings. The second-order valence-corrected chi connectivity index (χ2v) is 3.31. The summed E-state index contributed by atoms with van der Waals surface area (Å²) in [5.41, 5.74) is 0. The van der Waals surface area contributed by atoms with E-state index >= 15 is 0 Å². The molecule has 0 saturated heterocycles. The van der Waals surface area contributed by atoms with Gasteiger partial charge in [0.05, 0.1) is 0 Å². The minimum Gasteiger partial charge on any atom is -0.353 e. The number of methoxy groups -OCH3 is 2. The normalized spacial score (nSPS) is 12.6. The highest BCUT2D eigenvalue weighted by Gasteiger charge is 2.20. The molecule has 13 heavy (non-hydrogen) atoms. The van der Waals surface area contributed by atoms with Crippen LogP contribution in [-0.4, -0.2) is 20.0 Å². The highest BCUT2D eigenvalue weighted by Crippen LogP contribution is 2.18. The van der Waals surface area contributed by atoms with Gasteiger partial charge in [0, 0.05) is 20.6 Å². The lowest BCUT2D eigenvalue weighted by Gasteiger charge is -2.25. The predicted molar refractivity (Wildman–Crippen MR) is 55.7 cm³/mol. The van der Waals surface area contributed by atoms with E-state index in [-0.39, 0.29) is 0 Å². The molecule has 0 saturated carbocycles. The summed E-state index contributed by atoms with van der Waals surface area (Å²) in [5.74, 6) is -0.403. The number of unbranched alkanes of at least 4 members (excludes halogenated alkanes) is 1. The maximum Gasteiger partial charge on any atom is 0.164 e. The molecule has 0 atom stereocenters. The molecule has 0 N–H and O–H groups in total. The number of rotatable bonds is 7. The summed E-state index contributed by atoms with van der Waals surface area (Å²) in [5, 5.41) is 0. The first kappa shape index (κ1) is 12.7. The summed E-state index contributed by atoms with van der Waals surface area (Å²) >= 11 is 0. The van der Waals surface area contributed by atoms with Gasteiger partial charge in [0.25, 0.3) is 0 Å². The van der Waals surface area contributed by atoms with E-state index in [1.165, 1.54) is 0 Å². The van der Waals surface area contributed by atoms with Gasteiger partial charge in [0.1, 0.15) is 0 Å². The van der Waals surface area contributed by atoms with Crippen LogP contribution >= 0.6 is 0 Å². The predicted octanol–water partition coefficient (Wildman–Crippen LogP) is 3.13. The molecule has 0 unspecified atom stereocenters. The summed E-state index contributed by atoms with van der Waals surface area (Å²) in [6.45, 7) is 4.11. The van der Waals surface area contributed by atoms with Gasteiger partial charge in [-0.25, -0.2) is 0 Å². The zero-order valence-corrected chi connectivity index (χ0v) is 9.30. The van der Waals surface area contributed by atoms with Crippen LogP contribution in [0, 0.1) is 0 Å². The minimum atomic E-state index is -0.403. The highest BCUT2D eigenvalue weighted by atomic mass is 16.7. The van der Waals surface area contributed by atoms with Crippen LogP contribution in [0.3, 0.4) is 0 Å². The molecule has 0 fully saturated rings. The van der Waals surface area contributed by atoms with Gasteiger partial charge < -0.3 is 9.47 Å². The zero-order valence-electron chi connectivity index (χ0n) is 9.30. The Hall–Kier alpha value is -0.340. The first-order valence-electron chi connectivity index (χ1n) is 4.94. The van der Waals surface area contributed by atoms with Crippen molar-refractivity contribution in [3.8, 4) is 0 Å². The van der Waals surface area contributed by atoms with Crippen LogP contribution in [0.1, 0.15) is 39.5 Å². The lowest BCUT2D eigenvalue weighted by atomic mass is 10.1. The van der Waals surface area contributed by atoms with Crippen molar-refractivity contribution in [2.75, 3.05) is 14.2 Å². The van der Waals surface area contributed by atoms with Crippen molar-refractivity contribution in [3.63, 3.8) is 0 Å². The molecule has 0 aliphatic carbocycles. The molecule has 0 spiro atoms. The van der Waals surface area contributed by atoms with E-state index < -0.39 is 5.79 Å². The summed E-state index contributed by atoms with van der Waals surface area (Å²) in [7, 11) is 3.37. The third-order valence-corrected chi connectivity index (χ3v) is 2.27. The van der Waals surface area contributed by atoms with Crippen molar-refractivity contribution in [2.45, 2.75) is 45.3 Å². The van der Waals surface area contributed by atoms with Crippen LogP contribution < -0.4 is 0 Å². The molecule has 0 heterocycles. The minimum absolute atomic E-state index is 0.403. The molecule has 78 valence electrons. The smallest absolute Gasteiger partial charge is 0.164 e. The van der Waals surface area contributed by atoms with Gasteiger partial charge in [-0.1, -0.05) is 19.1 Å². The molecule has 0 bridgehead atoms. The highest BCUT2D eigenvalue weighted by molar-refractivity contribution is 4.80. The van der Waals surface area contributed by atoms with Crippen molar-refractivity contribution < 1.29 is 9.47 Å². The van der Waals surface area contributed by atoms with Gasteiger partial charge in [-0.15, -0.1) is 0 Å². The molecular weight excluding hydrogens is 164 g/mol. The molecule has 0 rings (SSSR count). The Morgan fingerprint density at radius 1 is 1.15 bits per heavy atom. The lowest BCUT2D eigenvalue weighted by molar-refractivity contribution is -0.197. The quantitative estimate of drug-likeness (QED) is 0.345. The van der Waals surface area contributed by atoms with Crippen LogP contribution in [0.25, 0.3) is 0 Å². The number of ether oxygens (including phenoxy) is 2. The molecular formula is C11H22O2. The Labute approximate surface area is 81.9 Å². The van der Waals surface area contributed by atoms with E-state index in [1.807, 2.05) is 6.92 Å². The third kappa shape index (κ3) is 5.83. The van der Waals surface area contributed by atoms with Crippen molar-refractivity contribution in [1.82, 2.24) is 0 Å². The first-order chi connectivity index (χ1) is 6.18. The molecule has 0 aromatic heterocycles. The van der Waals surface area contributed by atoms with Crippen LogP contribution in [-0.2, 0) is 9.47 Å². The summed E-state index contributed by atoms with van der Waals surface area (Å²) in [6.07, 6.45) is 8.67. The Kier molecular flexibility index (Phi) is 6.92. The Morgan fingerprint density at radius 2 is 1.77 bits per heavy atom. The van der Waals surface area contributed by atoms with Crippen molar-refractivity contribution in [1.29, 1.82) is 0 Å². The van der Waals surface area contributed by atoms with Gasteiger partial charge in [0.2, 0.25) is 0 Å². The fourth-order valence-electron chi connectivity index (χ4n) is 1.11. The summed E-state index contributed by atoms with van der Waals surface area (Å²) in [6, 6.07) is 0. The molecule has 0 amide bonds. The maximum atomic E-state index is 5.25. The molecule has 2 nitrogen and oxygen atoms in total. The standard InChI is InChI=1S/C11H22O2/c1-5-6-7-8-9-10-11(2,12-3)13-4/h6-7H,5,8-10H2,1-4H3/b7-6+. The van der Waals surface area contributed by atoms with Crippen LogP contribution in [0.5, 0.6) is 0 Å². The fraction of sp³-hybridized carbons (Fsp3) is 0.818. The van der Waals surface area contributed by atoms with Crippen LogP contribution in [0.15, 0.2) is 12.2 Å². The van der Waals surface area contributed by atoms with Gasteiger partial charge in [-0.2, -0.15) is 0 Å². The first-order valence-corrected chi connectivity index (χ1v) is 4.94. The van der Waals surface area contributed by atoms with E-state index in [0.29, 0.717) is 0 Å². The zero-order chi connectivity index (χ0) is 10.2. The Bertz CT molecular complexity index is 137. The SMILES string of the molecule is CC/C=C/CCCC(C)(OC)OC. The van der Waals surface area contributed by atoms with E-state index in [9.17, 15) is 0 Å². The van der Waals surface area contributed by atoms with E-state index in [1.54, 1.807) is 14.2 Å². The number of hydrogen-bond acceptors (Lipinski definition) is 2. The average molecular weight is 186 g/mol. The molecule has 0 aliphatic heterocycles. The lowest BCUT2D eigenvalue weighted by Crippen LogP contribution is -2.29. The third-order valence-electron chi connectivity index (χ3n) is 2.27. The summed E-state index contributed by atoms with van der Waals surface area (Å²) in [4.78, 5) is 0. The van der Waals surface area contributed by atoms with E-state index in [4.69, 9.17) is 9.47 Å². The summed E-state index contributed by atoms with van der Waals surface area (Å²) < 4.78 is 10.5. The second-order valence-electron chi connectivity index (χ2n) is 3.31. The van der Waals surface area contributed by atoms with Crippen LogP contribution in [0.2, 0.25) is 0 Å². The molecule has 0 radical (unpaired) electrons. The van der Waals surface area contributed by atoms with Crippen molar-refractivity contribution in [2.24, 2.45) is 0 Å². The van der Waals surface area contributed by atoms with Gasteiger partial charge in [-0.05, 0) is 26.2 Å². The molecule has 0 aromatic carbocycles. The molecule has 2 heteroatoms. The largest absolute Gasteiger partial charge is 0.353 e. The Balaban J connectivity index is 3.55. The van der Waals surface area contributed by atoms with Gasteiger partial charge in [-0.3, -0.25) is 0 Å². The van der Waals surface area contributed by atoms with Crippen molar-refractivity contribution in [3.05, 3.63) is 12.2 Å². The topological polar surface area (TPSA) is 18.5 Å². The molecule has 0 aliphatic rings. The maximum absolute atomic E-state index is 5.25. The van der Waals surface area contributed by atoms with Gasteiger partial charge >= 0.3 is 0 Å². The van der Waals surface area contributed by atoms with Crippen LogP contribution in [0.4, 0.5) is 0 Å². The van der Waals surface area contributed by atoms with Gasteiger partial charge in [0.15, 0.2) is 5.79 Å². The fourth-order valence-corrected chi connectivity index (χ4v) is 1.11. The van der Waals surface area contributed by atoms with E-state index in [2.05, 4.69) is 19.1 Å². The van der Waals surface area contributed by atoms with E-state index in [0.717, 1.165) is 25.7 Å². The average Bonchev–Trinajstić information content (AvgIpc) is 2.17. The number of allylic oxidation sites excluding steroid dienone is 2. The Morgan fingerprint density at radius 3 is 2.23 bits per heavy atom. The monoisotopic (exact) mass is 186 g/mol. The van der Waals surface area contributed by atoms with Crippen molar-refractivity contribution >= 4 is 0 Å².